The first-order valence-electron chi connectivity index (χ1n) is 5.76. The van der Waals surface area contributed by atoms with Gasteiger partial charge < -0.3 is 5.11 Å². The Morgan fingerprint density at radius 3 is 2.55 bits per heavy atom. The summed E-state index contributed by atoms with van der Waals surface area (Å²) in [7, 11) is 0. The van der Waals surface area contributed by atoms with Crippen molar-refractivity contribution in [2.45, 2.75) is 19.9 Å². The molecule has 0 radical (unpaired) electrons. The van der Waals surface area contributed by atoms with Crippen LogP contribution in [-0.4, -0.2) is 27.2 Å². The van der Waals surface area contributed by atoms with E-state index in [9.17, 15) is 14.7 Å². The molecule has 1 aromatic carbocycles. The standard InChI is InChI=1S/C13H11BrINO3S/c1-6(2)16-12(18)10(20-13(16)19)5-7-3-8(14)11(17)9(15)4-7/h3-6,17H,1-2H3. The van der Waals surface area contributed by atoms with Gasteiger partial charge in [0.15, 0.2) is 0 Å². The summed E-state index contributed by atoms with van der Waals surface area (Å²) in [6, 6.07) is 3.31. The van der Waals surface area contributed by atoms with Gasteiger partial charge >= 0.3 is 0 Å². The molecule has 0 bridgehead atoms. The molecule has 106 valence electrons. The molecule has 2 amide bonds. The minimum Gasteiger partial charge on any atom is -0.506 e. The van der Waals surface area contributed by atoms with Crippen molar-refractivity contribution in [3.63, 3.8) is 0 Å². The van der Waals surface area contributed by atoms with Crippen LogP contribution in [0, 0.1) is 3.57 Å². The Hall–Kier alpha value is -0.540. The summed E-state index contributed by atoms with van der Waals surface area (Å²) in [6.07, 6.45) is 1.67. The second-order valence-electron chi connectivity index (χ2n) is 4.48. The molecular formula is C13H11BrINO3S. The quantitative estimate of drug-likeness (QED) is 0.523. The van der Waals surface area contributed by atoms with Gasteiger partial charge in [-0.05, 0) is 87.9 Å². The van der Waals surface area contributed by atoms with Gasteiger partial charge in [-0.2, -0.15) is 0 Å². The van der Waals surface area contributed by atoms with E-state index in [1.807, 2.05) is 22.6 Å². The molecular weight excluding hydrogens is 457 g/mol. The van der Waals surface area contributed by atoms with Crippen molar-refractivity contribution in [1.82, 2.24) is 4.90 Å². The molecule has 1 aliphatic rings. The van der Waals surface area contributed by atoms with Crippen molar-refractivity contribution in [2.75, 3.05) is 0 Å². The summed E-state index contributed by atoms with van der Waals surface area (Å²) in [5.74, 6) is -0.104. The van der Waals surface area contributed by atoms with Gasteiger partial charge in [0.1, 0.15) is 5.75 Å². The smallest absolute Gasteiger partial charge is 0.293 e. The molecule has 0 spiro atoms. The zero-order chi connectivity index (χ0) is 15.0. The number of phenols is 1. The minimum atomic E-state index is -0.269. The number of aromatic hydroxyl groups is 1. The number of carbonyl (C=O) groups is 2. The molecule has 0 saturated carbocycles. The second kappa shape index (κ2) is 6.07. The highest BCUT2D eigenvalue weighted by atomic mass is 127. The lowest BCUT2D eigenvalue weighted by atomic mass is 10.2. The molecule has 0 aliphatic carbocycles. The van der Waals surface area contributed by atoms with Crippen LogP contribution in [0.1, 0.15) is 19.4 Å². The molecule has 1 aromatic rings. The van der Waals surface area contributed by atoms with Crippen LogP contribution in [0.25, 0.3) is 6.08 Å². The average Bonchev–Trinajstić information content (AvgIpc) is 2.61. The summed E-state index contributed by atoms with van der Waals surface area (Å²) in [4.78, 5) is 25.6. The molecule has 20 heavy (non-hydrogen) atoms. The van der Waals surface area contributed by atoms with Crippen LogP contribution in [0.3, 0.4) is 0 Å². The predicted octanol–water partition coefficient (Wildman–Crippen LogP) is 4.20. The van der Waals surface area contributed by atoms with Gasteiger partial charge in [0.2, 0.25) is 0 Å². The van der Waals surface area contributed by atoms with Crippen LogP contribution in [0.4, 0.5) is 4.79 Å². The van der Waals surface area contributed by atoms with E-state index in [-0.39, 0.29) is 22.9 Å². The Kier molecular flexibility index (Phi) is 4.80. The zero-order valence-corrected chi connectivity index (χ0v) is 15.2. The van der Waals surface area contributed by atoms with Crippen LogP contribution >= 0.6 is 50.3 Å². The SMILES string of the molecule is CC(C)N1C(=O)SC(=Cc2cc(Br)c(O)c(I)c2)C1=O. The van der Waals surface area contributed by atoms with Crippen molar-refractivity contribution >= 4 is 67.5 Å². The molecule has 1 aliphatic heterocycles. The molecule has 4 nitrogen and oxygen atoms in total. The largest absolute Gasteiger partial charge is 0.506 e. The normalized spacial score (nSPS) is 17.6. The van der Waals surface area contributed by atoms with Gasteiger partial charge in [0.05, 0.1) is 12.9 Å². The third-order valence-electron chi connectivity index (χ3n) is 2.68. The van der Waals surface area contributed by atoms with Gasteiger partial charge in [0.25, 0.3) is 11.1 Å². The van der Waals surface area contributed by atoms with Crippen molar-refractivity contribution in [1.29, 1.82) is 0 Å². The summed E-state index contributed by atoms with van der Waals surface area (Å²) in [6.45, 7) is 3.61. The lowest BCUT2D eigenvalue weighted by Crippen LogP contribution is -2.34. The number of phenolic OH excluding ortho intramolecular Hbond substituents is 1. The first-order chi connectivity index (χ1) is 9.31. The van der Waals surface area contributed by atoms with E-state index >= 15 is 0 Å². The number of imide groups is 1. The Morgan fingerprint density at radius 2 is 2.05 bits per heavy atom. The van der Waals surface area contributed by atoms with Gasteiger partial charge in [-0.3, -0.25) is 14.5 Å². The van der Waals surface area contributed by atoms with Crippen molar-refractivity contribution < 1.29 is 14.7 Å². The summed E-state index contributed by atoms with van der Waals surface area (Å²) < 4.78 is 1.23. The first kappa shape index (κ1) is 15.8. The Balaban J connectivity index is 2.38. The number of amides is 2. The Labute approximate surface area is 142 Å². The molecule has 1 saturated heterocycles. The van der Waals surface area contributed by atoms with Crippen LogP contribution < -0.4 is 0 Å². The maximum Gasteiger partial charge on any atom is 0.293 e. The molecule has 2 rings (SSSR count). The molecule has 1 fully saturated rings. The highest BCUT2D eigenvalue weighted by Gasteiger charge is 2.36. The fourth-order valence-corrected chi connectivity index (χ4v) is 4.20. The zero-order valence-electron chi connectivity index (χ0n) is 10.7. The number of hydrogen-bond donors (Lipinski definition) is 1. The highest BCUT2D eigenvalue weighted by molar-refractivity contribution is 14.1. The summed E-state index contributed by atoms with van der Waals surface area (Å²) in [5, 5.41) is 9.44. The van der Waals surface area contributed by atoms with Crippen molar-refractivity contribution in [3.05, 3.63) is 30.6 Å². The van der Waals surface area contributed by atoms with Gasteiger partial charge in [0, 0.05) is 6.04 Å². The van der Waals surface area contributed by atoms with E-state index in [4.69, 9.17) is 0 Å². The third kappa shape index (κ3) is 3.04. The molecule has 0 atom stereocenters. The third-order valence-corrected chi connectivity index (χ3v) is 4.99. The molecule has 0 aromatic heterocycles. The topological polar surface area (TPSA) is 57.6 Å². The number of benzene rings is 1. The number of thioether (sulfide) groups is 1. The first-order valence-corrected chi connectivity index (χ1v) is 8.45. The summed E-state index contributed by atoms with van der Waals surface area (Å²) in [5.41, 5.74) is 0.758. The van der Waals surface area contributed by atoms with Crippen LogP contribution in [0.5, 0.6) is 5.75 Å². The maximum atomic E-state index is 12.2. The highest BCUT2D eigenvalue weighted by Crippen LogP contribution is 2.36. The van der Waals surface area contributed by atoms with E-state index in [0.717, 1.165) is 17.3 Å². The number of halogens is 2. The van der Waals surface area contributed by atoms with E-state index in [0.29, 0.717) is 12.9 Å². The second-order valence-corrected chi connectivity index (χ2v) is 7.49. The fraction of sp³-hybridized carbons (Fsp3) is 0.231. The van der Waals surface area contributed by atoms with Crippen molar-refractivity contribution in [2.24, 2.45) is 0 Å². The minimum absolute atomic E-state index is 0.153. The average molecular weight is 468 g/mol. The van der Waals surface area contributed by atoms with Gasteiger partial charge in [-0.15, -0.1) is 0 Å². The van der Waals surface area contributed by atoms with Crippen LogP contribution in [0.15, 0.2) is 21.5 Å². The number of rotatable bonds is 2. The molecule has 7 heteroatoms. The summed E-state index contributed by atoms with van der Waals surface area (Å²) >= 11 is 6.20. The number of hydrogen-bond acceptors (Lipinski definition) is 4. The number of nitrogens with zero attached hydrogens (tertiary/aromatic N) is 1. The van der Waals surface area contributed by atoms with E-state index < -0.39 is 0 Å². The number of carbonyl (C=O) groups excluding carboxylic acids is 2. The van der Waals surface area contributed by atoms with Crippen LogP contribution in [-0.2, 0) is 4.79 Å². The monoisotopic (exact) mass is 467 g/mol. The Morgan fingerprint density at radius 1 is 1.40 bits per heavy atom. The molecule has 1 heterocycles. The van der Waals surface area contributed by atoms with E-state index in [1.54, 1.807) is 32.1 Å². The molecule has 1 N–H and O–H groups in total. The van der Waals surface area contributed by atoms with Crippen molar-refractivity contribution in [3.8, 4) is 5.75 Å². The van der Waals surface area contributed by atoms with E-state index in [1.165, 1.54) is 4.90 Å². The molecule has 0 unspecified atom stereocenters. The van der Waals surface area contributed by atoms with E-state index in [2.05, 4.69) is 15.9 Å². The fourth-order valence-electron chi connectivity index (χ4n) is 1.74. The van der Waals surface area contributed by atoms with Gasteiger partial charge in [-0.1, -0.05) is 0 Å². The lowest BCUT2D eigenvalue weighted by Gasteiger charge is -2.16. The Bertz CT molecular complexity index is 607. The predicted molar refractivity (Wildman–Crippen MR) is 91.5 cm³/mol. The maximum absolute atomic E-state index is 12.2. The van der Waals surface area contributed by atoms with Crippen LogP contribution in [0.2, 0.25) is 0 Å². The van der Waals surface area contributed by atoms with Gasteiger partial charge in [-0.25, -0.2) is 0 Å². The lowest BCUT2D eigenvalue weighted by molar-refractivity contribution is -0.123.